The number of aliphatic carboxylic acids is 1. The van der Waals surface area contributed by atoms with Gasteiger partial charge in [0.2, 0.25) is 0 Å². The molecule has 0 heterocycles. The van der Waals surface area contributed by atoms with Crippen LogP contribution in [0, 0.1) is 0 Å². The van der Waals surface area contributed by atoms with Gasteiger partial charge in [-0.25, -0.2) is 8.78 Å². The third-order valence-corrected chi connectivity index (χ3v) is 2.42. The summed E-state index contributed by atoms with van der Waals surface area (Å²) in [6, 6.07) is 8.19. The highest BCUT2D eigenvalue weighted by Gasteiger charge is 2.41. The quantitative estimate of drug-likeness (QED) is 0.875. The monoisotopic (exact) mass is 323 g/mol. The summed E-state index contributed by atoms with van der Waals surface area (Å²) in [6.07, 6.45) is -1.39. The van der Waals surface area contributed by atoms with Crippen molar-refractivity contribution in [3.05, 3.63) is 35.9 Å². The molecule has 0 amide bonds. The molecule has 3 nitrogen and oxygen atoms in total. The number of carboxylic acid groups (broad SMARTS) is 1. The van der Waals surface area contributed by atoms with Crippen LogP contribution in [0.3, 0.4) is 0 Å². The number of rotatable bonds is 5. The second-order valence-electron chi connectivity index (χ2n) is 4.42. The van der Waals surface area contributed by atoms with Gasteiger partial charge in [0.05, 0.1) is 0 Å². The van der Waals surface area contributed by atoms with Crippen LogP contribution in [0.4, 0.5) is 8.78 Å². The van der Waals surface area contributed by atoms with Crippen LogP contribution in [0.15, 0.2) is 30.3 Å². The average Bonchev–Trinajstić information content (AvgIpc) is 2.16. The smallest absolute Gasteiger partial charge is 0.323 e. The molecule has 1 atom stereocenters. The van der Waals surface area contributed by atoms with Crippen molar-refractivity contribution in [2.24, 2.45) is 5.73 Å². The third kappa shape index (κ3) is 5.10. The zero-order valence-electron chi connectivity index (χ0n) is 9.90. The maximum absolute atomic E-state index is 13.6. The number of nitrogens with two attached hydrogens (primary N) is 1. The van der Waals surface area contributed by atoms with E-state index in [4.69, 9.17) is 10.8 Å². The lowest BCUT2D eigenvalue weighted by Crippen LogP contribution is -2.49. The molecule has 0 saturated carbocycles. The van der Waals surface area contributed by atoms with Crippen molar-refractivity contribution in [1.29, 1.82) is 0 Å². The van der Waals surface area contributed by atoms with Gasteiger partial charge >= 0.3 is 5.97 Å². The van der Waals surface area contributed by atoms with Crippen LogP contribution < -0.4 is 5.73 Å². The van der Waals surface area contributed by atoms with Crippen molar-refractivity contribution in [2.75, 3.05) is 0 Å². The Bertz CT molecular complexity index is 396. The molecule has 0 aliphatic heterocycles. The number of benzene rings is 1. The molecule has 102 valence electrons. The molecule has 0 unspecified atom stereocenters. The van der Waals surface area contributed by atoms with E-state index < -0.39 is 30.3 Å². The average molecular weight is 324 g/mol. The van der Waals surface area contributed by atoms with Gasteiger partial charge in [-0.05, 0) is 12.5 Å². The molecule has 6 heteroatoms. The number of hydrogen-bond acceptors (Lipinski definition) is 2. The second-order valence-corrected chi connectivity index (χ2v) is 4.42. The zero-order valence-corrected chi connectivity index (χ0v) is 11.6. The van der Waals surface area contributed by atoms with Crippen molar-refractivity contribution >= 4 is 23.0 Å². The third-order valence-electron chi connectivity index (χ3n) is 2.42. The predicted octanol–water partition coefficient (Wildman–Crippen LogP) is 2.63. The van der Waals surface area contributed by atoms with Gasteiger partial charge in [-0.3, -0.25) is 4.79 Å². The van der Waals surface area contributed by atoms with E-state index in [-0.39, 0.29) is 17.0 Å². The molecule has 0 fully saturated rings. The van der Waals surface area contributed by atoms with E-state index >= 15 is 0 Å². The number of halogens is 3. The van der Waals surface area contributed by atoms with Crippen LogP contribution in [0.25, 0.3) is 0 Å². The first-order valence-corrected chi connectivity index (χ1v) is 5.17. The van der Waals surface area contributed by atoms with Crippen LogP contribution in [0.1, 0.15) is 18.9 Å². The first-order chi connectivity index (χ1) is 7.73. The summed E-state index contributed by atoms with van der Waals surface area (Å²) in [5.74, 6) is -4.56. The predicted molar refractivity (Wildman–Crippen MR) is 70.3 cm³/mol. The lowest BCUT2D eigenvalue weighted by atomic mass is 9.92. The molecule has 0 aliphatic rings. The number of hydrogen-bond donors (Lipinski definition) is 2. The number of alkyl halides is 2. The summed E-state index contributed by atoms with van der Waals surface area (Å²) in [6.45, 7) is 1.09. The Kier molecular flexibility index (Phi) is 5.89. The van der Waals surface area contributed by atoms with E-state index in [1.807, 2.05) is 0 Å². The molecule has 1 aromatic carbocycles. The summed E-state index contributed by atoms with van der Waals surface area (Å²) in [7, 11) is 0. The van der Waals surface area contributed by atoms with Crippen LogP contribution >= 0.6 is 17.0 Å². The zero-order chi connectivity index (χ0) is 13.1. The molecule has 0 radical (unpaired) electrons. The topological polar surface area (TPSA) is 63.3 Å². The van der Waals surface area contributed by atoms with Crippen LogP contribution in [-0.4, -0.2) is 22.5 Å². The van der Waals surface area contributed by atoms with Gasteiger partial charge in [0.1, 0.15) is 5.54 Å². The van der Waals surface area contributed by atoms with Crippen molar-refractivity contribution in [3.63, 3.8) is 0 Å². The van der Waals surface area contributed by atoms with Crippen LogP contribution in [0.2, 0.25) is 0 Å². The minimum atomic E-state index is -3.14. The van der Waals surface area contributed by atoms with E-state index in [0.717, 1.165) is 6.92 Å². The lowest BCUT2D eigenvalue weighted by molar-refractivity contribution is -0.146. The molecule has 0 bridgehead atoms. The van der Waals surface area contributed by atoms with Gasteiger partial charge in [0.25, 0.3) is 5.92 Å². The van der Waals surface area contributed by atoms with Crippen molar-refractivity contribution in [1.82, 2.24) is 0 Å². The van der Waals surface area contributed by atoms with Crippen molar-refractivity contribution < 1.29 is 18.7 Å². The van der Waals surface area contributed by atoms with Gasteiger partial charge in [-0.2, -0.15) is 0 Å². The summed E-state index contributed by atoms with van der Waals surface area (Å²) < 4.78 is 27.2. The van der Waals surface area contributed by atoms with E-state index in [0.29, 0.717) is 5.56 Å². The Morgan fingerprint density at radius 3 is 2.28 bits per heavy atom. The molecule has 0 aromatic heterocycles. The highest BCUT2D eigenvalue weighted by atomic mass is 79.9. The molecule has 1 aromatic rings. The van der Waals surface area contributed by atoms with Crippen molar-refractivity contribution in [3.8, 4) is 0 Å². The fraction of sp³-hybridized carbons (Fsp3) is 0.417. The van der Waals surface area contributed by atoms with Crippen LogP contribution in [0.5, 0.6) is 0 Å². The standard InChI is InChI=1S/C12H15F2NO2.BrH/c1-11(15,10(16)17)8-12(13,14)7-9-5-3-2-4-6-9;/h2-6H,7-8,15H2,1H3,(H,16,17);1H/t11-;/m0./s1. The minimum absolute atomic E-state index is 0. The SMILES string of the molecule is Br.C[C@](N)(CC(F)(F)Cc1ccccc1)C(=O)O. The summed E-state index contributed by atoms with van der Waals surface area (Å²) in [5, 5.41) is 8.71. The molecular formula is C12H16BrF2NO2. The Morgan fingerprint density at radius 2 is 1.83 bits per heavy atom. The number of carbonyl (C=O) groups is 1. The van der Waals surface area contributed by atoms with Gasteiger partial charge in [-0.15, -0.1) is 17.0 Å². The molecule has 0 spiro atoms. The molecule has 3 N–H and O–H groups in total. The van der Waals surface area contributed by atoms with Gasteiger partial charge in [0.15, 0.2) is 0 Å². The summed E-state index contributed by atoms with van der Waals surface area (Å²) >= 11 is 0. The van der Waals surface area contributed by atoms with E-state index in [9.17, 15) is 13.6 Å². The fourth-order valence-electron chi connectivity index (χ4n) is 1.57. The highest BCUT2D eigenvalue weighted by molar-refractivity contribution is 8.93. The molecule has 1 rings (SSSR count). The number of carboxylic acids is 1. The Balaban J connectivity index is 0.00000289. The van der Waals surface area contributed by atoms with E-state index in [1.54, 1.807) is 30.3 Å². The van der Waals surface area contributed by atoms with Crippen LogP contribution in [-0.2, 0) is 11.2 Å². The highest BCUT2D eigenvalue weighted by Crippen LogP contribution is 2.28. The van der Waals surface area contributed by atoms with Gasteiger partial charge in [-0.1, -0.05) is 30.3 Å². The minimum Gasteiger partial charge on any atom is -0.480 e. The maximum Gasteiger partial charge on any atom is 0.323 e. The van der Waals surface area contributed by atoms with Crippen molar-refractivity contribution in [2.45, 2.75) is 31.2 Å². The second kappa shape index (κ2) is 6.24. The lowest BCUT2D eigenvalue weighted by Gasteiger charge is -2.25. The fourth-order valence-corrected chi connectivity index (χ4v) is 1.57. The van der Waals surface area contributed by atoms with Gasteiger partial charge in [0, 0.05) is 12.8 Å². The summed E-state index contributed by atoms with van der Waals surface area (Å²) in [4.78, 5) is 10.7. The first-order valence-electron chi connectivity index (χ1n) is 5.17. The normalized spacial score (nSPS) is 14.4. The molecule has 0 aliphatic carbocycles. The van der Waals surface area contributed by atoms with E-state index in [2.05, 4.69) is 0 Å². The summed E-state index contributed by atoms with van der Waals surface area (Å²) in [5.41, 5.74) is 3.86. The Morgan fingerprint density at radius 1 is 1.33 bits per heavy atom. The first kappa shape index (κ1) is 17.0. The molecule has 18 heavy (non-hydrogen) atoms. The van der Waals surface area contributed by atoms with Gasteiger partial charge < -0.3 is 10.8 Å². The molecular weight excluding hydrogens is 308 g/mol. The largest absolute Gasteiger partial charge is 0.480 e. The van der Waals surface area contributed by atoms with E-state index in [1.165, 1.54) is 0 Å². The Labute approximate surface area is 115 Å². The molecule has 0 saturated heterocycles. The Hall–Kier alpha value is -1.01. The maximum atomic E-state index is 13.6.